The van der Waals surface area contributed by atoms with Crippen molar-refractivity contribution in [2.24, 2.45) is 0 Å². The predicted molar refractivity (Wildman–Crippen MR) is 177 cm³/mol. The molecule has 1 fully saturated rings. The molecule has 1 N–H and O–H groups in total. The fourth-order valence-corrected chi connectivity index (χ4v) is 7.24. The molecule has 0 saturated heterocycles. The van der Waals surface area contributed by atoms with Crippen LogP contribution in [0.15, 0.2) is 77.7 Å². The van der Waals surface area contributed by atoms with Gasteiger partial charge >= 0.3 is 0 Å². The fourth-order valence-electron chi connectivity index (χ4n) is 5.83. The second kappa shape index (κ2) is 14.9. The van der Waals surface area contributed by atoms with Crippen LogP contribution in [0.2, 0.25) is 0 Å². The summed E-state index contributed by atoms with van der Waals surface area (Å²) in [6, 6.07) is 21.1. The monoisotopic (exact) mass is 617 g/mol. The highest BCUT2D eigenvalue weighted by Gasteiger charge is 2.34. The van der Waals surface area contributed by atoms with Gasteiger partial charge in [0.1, 0.15) is 12.6 Å². The van der Waals surface area contributed by atoms with Crippen molar-refractivity contribution in [3.63, 3.8) is 0 Å². The number of nitrogens with zero attached hydrogens (tertiary/aromatic N) is 2. The average Bonchev–Trinajstić information content (AvgIpc) is 3.01. The zero-order valence-corrected chi connectivity index (χ0v) is 27.6. The molecule has 1 atom stereocenters. The van der Waals surface area contributed by atoms with E-state index in [2.05, 4.69) is 19.2 Å². The summed E-state index contributed by atoms with van der Waals surface area (Å²) in [6.45, 7) is 9.69. The number of carbonyl (C=O) groups excluding carboxylic acids is 2. The van der Waals surface area contributed by atoms with Gasteiger partial charge in [-0.3, -0.25) is 13.9 Å². The highest BCUT2D eigenvalue weighted by atomic mass is 32.2. The summed E-state index contributed by atoms with van der Waals surface area (Å²) in [5.74, 6) is -0.344. The van der Waals surface area contributed by atoms with Crippen molar-refractivity contribution in [3.8, 4) is 0 Å². The quantitative estimate of drug-likeness (QED) is 0.240. The van der Waals surface area contributed by atoms with Crippen molar-refractivity contribution in [1.82, 2.24) is 10.2 Å². The van der Waals surface area contributed by atoms with Crippen LogP contribution in [0.1, 0.15) is 87.5 Å². The first kappa shape index (κ1) is 33.2. The number of nitrogens with one attached hydrogen (secondary N) is 1. The molecule has 1 aliphatic rings. The molecule has 8 heteroatoms. The number of anilines is 1. The lowest BCUT2D eigenvalue weighted by Gasteiger charge is -2.34. The maximum absolute atomic E-state index is 14.4. The second-order valence-electron chi connectivity index (χ2n) is 12.3. The fraction of sp³-hybridized carbons (Fsp3) is 0.444. The third-order valence-corrected chi connectivity index (χ3v) is 10.5. The van der Waals surface area contributed by atoms with Crippen molar-refractivity contribution in [2.45, 2.75) is 103 Å². The highest BCUT2D eigenvalue weighted by molar-refractivity contribution is 7.92. The zero-order valence-electron chi connectivity index (χ0n) is 26.8. The molecule has 3 aromatic rings. The minimum absolute atomic E-state index is 0.0959. The number of hydrogen-bond donors (Lipinski definition) is 1. The lowest BCUT2D eigenvalue weighted by molar-refractivity contribution is -0.140. The molecule has 2 amide bonds. The molecule has 0 aliphatic heterocycles. The summed E-state index contributed by atoms with van der Waals surface area (Å²) < 4.78 is 29.5. The van der Waals surface area contributed by atoms with Crippen LogP contribution in [-0.4, -0.2) is 43.8 Å². The normalized spacial score (nSPS) is 14.7. The van der Waals surface area contributed by atoms with Gasteiger partial charge < -0.3 is 10.2 Å². The van der Waals surface area contributed by atoms with E-state index in [1.807, 2.05) is 57.2 Å². The largest absolute Gasteiger partial charge is 0.352 e. The van der Waals surface area contributed by atoms with Crippen LogP contribution in [0.25, 0.3) is 0 Å². The topological polar surface area (TPSA) is 86.8 Å². The zero-order chi connectivity index (χ0) is 31.9. The van der Waals surface area contributed by atoms with Crippen molar-refractivity contribution in [3.05, 3.63) is 95.1 Å². The molecule has 0 heterocycles. The molecular weight excluding hydrogens is 570 g/mol. The van der Waals surface area contributed by atoms with E-state index in [1.165, 1.54) is 10.7 Å². The third-order valence-electron chi connectivity index (χ3n) is 8.68. The summed E-state index contributed by atoms with van der Waals surface area (Å²) in [6.07, 6.45) is 5.60. The third kappa shape index (κ3) is 8.08. The SMILES string of the molecule is CC[C@@H](C(=O)NC1CCCCC1)N(Cc1ccccc1C)C(=O)CN(c1ccc(C(C)C)cc1)S(=O)(=O)c1ccc(C)cc1. The molecule has 0 aromatic heterocycles. The van der Waals surface area contributed by atoms with E-state index < -0.39 is 28.5 Å². The maximum atomic E-state index is 14.4. The van der Waals surface area contributed by atoms with Gasteiger partial charge in [0, 0.05) is 12.6 Å². The maximum Gasteiger partial charge on any atom is 0.264 e. The molecule has 44 heavy (non-hydrogen) atoms. The molecule has 0 spiro atoms. The van der Waals surface area contributed by atoms with E-state index in [0.29, 0.717) is 12.1 Å². The van der Waals surface area contributed by atoms with Crippen LogP contribution in [-0.2, 0) is 26.2 Å². The summed E-state index contributed by atoms with van der Waals surface area (Å²) in [7, 11) is -4.10. The Morgan fingerprint density at radius 2 is 1.52 bits per heavy atom. The Bertz CT molecular complexity index is 1510. The summed E-state index contributed by atoms with van der Waals surface area (Å²) in [4.78, 5) is 29.8. The molecule has 236 valence electrons. The highest BCUT2D eigenvalue weighted by Crippen LogP contribution is 2.27. The van der Waals surface area contributed by atoms with Crippen LogP contribution in [0.3, 0.4) is 0 Å². The number of aryl methyl sites for hydroxylation is 2. The molecule has 0 radical (unpaired) electrons. The predicted octanol–water partition coefficient (Wildman–Crippen LogP) is 6.88. The molecular formula is C36H47N3O4S. The lowest BCUT2D eigenvalue weighted by atomic mass is 9.95. The first-order valence-corrected chi connectivity index (χ1v) is 17.3. The second-order valence-corrected chi connectivity index (χ2v) is 14.1. The van der Waals surface area contributed by atoms with Crippen molar-refractivity contribution < 1.29 is 18.0 Å². The number of amides is 2. The van der Waals surface area contributed by atoms with E-state index in [9.17, 15) is 18.0 Å². The van der Waals surface area contributed by atoms with Crippen molar-refractivity contribution >= 4 is 27.5 Å². The summed E-state index contributed by atoms with van der Waals surface area (Å²) >= 11 is 0. The van der Waals surface area contributed by atoms with E-state index in [0.717, 1.165) is 47.9 Å². The summed E-state index contributed by atoms with van der Waals surface area (Å²) in [5, 5.41) is 3.20. The molecule has 1 saturated carbocycles. The van der Waals surface area contributed by atoms with Crippen LogP contribution in [0.5, 0.6) is 0 Å². The Morgan fingerprint density at radius 1 is 0.886 bits per heavy atom. The average molecular weight is 618 g/mol. The van der Waals surface area contributed by atoms with Gasteiger partial charge in [0.05, 0.1) is 10.6 Å². The molecule has 1 aliphatic carbocycles. The van der Waals surface area contributed by atoms with Crippen LogP contribution < -0.4 is 9.62 Å². The van der Waals surface area contributed by atoms with Gasteiger partial charge in [0.25, 0.3) is 10.0 Å². The van der Waals surface area contributed by atoms with Crippen molar-refractivity contribution in [2.75, 3.05) is 10.8 Å². The van der Waals surface area contributed by atoms with Crippen LogP contribution >= 0.6 is 0 Å². The number of sulfonamides is 1. The molecule has 3 aromatic carbocycles. The molecule has 7 nitrogen and oxygen atoms in total. The minimum Gasteiger partial charge on any atom is -0.352 e. The Labute approximate surface area is 263 Å². The minimum atomic E-state index is -4.10. The van der Waals surface area contributed by atoms with Gasteiger partial charge in [-0.15, -0.1) is 0 Å². The number of carbonyl (C=O) groups is 2. The van der Waals surface area contributed by atoms with Gasteiger partial charge in [-0.2, -0.15) is 0 Å². The smallest absolute Gasteiger partial charge is 0.264 e. The first-order valence-electron chi connectivity index (χ1n) is 15.8. The Morgan fingerprint density at radius 3 is 2.11 bits per heavy atom. The summed E-state index contributed by atoms with van der Waals surface area (Å²) in [5.41, 5.74) is 4.32. The number of hydrogen-bond acceptors (Lipinski definition) is 4. The number of rotatable bonds is 12. The van der Waals surface area contributed by atoms with Gasteiger partial charge in [0.2, 0.25) is 11.8 Å². The van der Waals surface area contributed by atoms with E-state index >= 15 is 0 Å². The first-order chi connectivity index (χ1) is 21.0. The Kier molecular flexibility index (Phi) is 11.2. The van der Waals surface area contributed by atoms with E-state index in [1.54, 1.807) is 41.3 Å². The van der Waals surface area contributed by atoms with Gasteiger partial charge in [0.15, 0.2) is 0 Å². The van der Waals surface area contributed by atoms with Crippen LogP contribution in [0, 0.1) is 13.8 Å². The van der Waals surface area contributed by atoms with Gasteiger partial charge in [-0.1, -0.05) is 94.1 Å². The van der Waals surface area contributed by atoms with Gasteiger partial charge in [-0.05, 0) is 80.0 Å². The van der Waals surface area contributed by atoms with E-state index in [4.69, 9.17) is 0 Å². The number of benzene rings is 3. The Hall–Kier alpha value is -3.65. The molecule has 4 rings (SSSR count). The Balaban J connectivity index is 1.72. The van der Waals surface area contributed by atoms with Crippen LogP contribution in [0.4, 0.5) is 5.69 Å². The molecule has 0 unspecified atom stereocenters. The molecule has 0 bridgehead atoms. The standard InChI is InChI=1S/C36H47N3O4S/c1-6-34(36(41)37-31-14-8-7-9-15-31)38(24-30-13-11-10-12-28(30)5)35(40)25-39(32-20-18-29(19-21-32)26(2)3)44(42,43)33-22-16-27(4)17-23-33/h10-13,16-23,26,31,34H,6-9,14-15,24-25H2,1-5H3,(H,37,41)/t34-/m0/s1. The lowest BCUT2D eigenvalue weighted by Crippen LogP contribution is -2.54. The van der Waals surface area contributed by atoms with Gasteiger partial charge in [-0.25, -0.2) is 8.42 Å². The van der Waals surface area contributed by atoms with Crippen molar-refractivity contribution in [1.29, 1.82) is 0 Å². The van der Waals surface area contributed by atoms with E-state index in [-0.39, 0.29) is 29.3 Å².